The number of benzene rings is 1. The molecule has 2 rings (SSSR count). The zero-order valence-corrected chi connectivity index (χ0v) is 8.94. The molecular formula is C11H14N4. The van der Waals surface area contributed by atoms with E-state index in [0.29, 0.717) is 12.0 Å². The normalized spacial score (nSPS) is 12.7. The summed E-state index contributed by atoms with van der Waals surface area (Å²) in [4.78, 5) is 4.38. The van der Waals surface area contributed by atoms with Crippen molar-refractivity contribution in [2.45, 2.75) is 26.3 Å². The zero-order valence-electron chi connectivity index (χ0n) is 8.94. The first-order chi connectivity index (χ1) is 7.29. The number of rotatable bonds is 3. The number of hydrogen-bond donors (Lipinski definition) is 1. The zero-order chi connectivity index (χ0) is 10.7. The number of nitrogens with one attached hydrogen (secondary N) is 1. The van der Waals surface area contributed by atoms with E-state index in [0.717, 1.165) is 17.5 Å². The third-order valence-electron chi connectivity index (χ3n) is 2.35. The first-order valence-electron chi connectivity index (χ1n) is 5.15. The highest BCUT2D eigenvalue weighted by Crippen LogP contribution is 2.09. The molecule has 4 heteroatoms. The molecule has 1 heterocycles. The fourth-order valence-electron chi connectivity index (χ4n) is 1.26. The Bertz CT molecular complexity index is 455. The summed E-state index contributed by atoms with van der Waals surface area (Å²) < 4.78 is 0. The van der Waals surface area contributed by atoms with Crippen LogP contribution in [0.2, 0.25) is 0 Å². The molecule has 4 nitrogen and oxygen atoms in total. The van der Waals surface area contributed by atoms with Crippen LogP contribution >= 0.6 is 0 Å². The van der Waals surface area contributed by atoms with Gasteiger partial charge in [-0.25, -0.2) is 4.98 Å². The van der Waals surface area contributed by atoms with Gasteiger partial charge in [0, 0.05) is 6.04 Å². The van der Waals surface area contributed by atoms with Crippen molar-refractivity contribution >= 4 is 17.0 Å². The van der Waals surface area contributed by atoms with Crippen molar-refractivity contribution in [1.29, 1.82) is 0 Å². The summed E-state index contributed by atoms with van der Waals surface area (Å²) in [6.45, 7) is 4.21. The lowest BCUT2D eigenvalue weighted by atomic mass is 10.3. The average molecular weight is 202 g/mol. The summed E-state index contributed by atoms with van der Waals surface area (Å²) in [6, 6.07) is 8.09. The molecule has 1 aromatic heterocycles. The van der Waals surface area contributed by atoms with Crippen molar-refractivity contribution in [3.05, 3.63) is 24.3 Å². The second-order valence-electron chi connectivity index (χ2n) is 3.58. The van der Waals surface area contributed by atoms with Gasteiger partial charge in [-0.05, 0) is 25.5 Å². The van der Waals surface area contributed by atoms with Gasteiger partial charge < -0.3 is 5.32 Å². The van der Waals surface area contributed by atoms with Crippen molar-refractivity contribution in [3.63, 3.8) is 0 Å². The van der Waals surface area contributed by atoms with Crippen molar-refractivity contribution in [2.24, 2.45) is 0 Å². The van der Waals surface area contributed by atoms with E-state index in [9.17, 15) is 0 Å². The van der Waals surface area contributed by atoms with Gasteiger partial charge in [0.15, 0.2) is 0 Å². The van der Waals surface area contributed by atoms with Crippen molar-refractivity contribution in [2.75, 3.05) is 5.32 Å². The van der Waals surface area contributed by atoms with Crippen molar-refractivity contribution < 1.29 is 0 Å². The third-order valence-corrected chi connectivity index (χ3v) is 2.35. The summed E-state index contributed by atoms with van der Waals surface area (Å²) in [5.41, 5.74) is 1.70. The highest BCUT2D eigenvalue weighted by Gasteiger charge is 2.03. The monoisotopic (exact) mass is 202 g/mol. The minimum absolute atomic E-state index is 0.368. The molecule has 0 amide bonds. The molecule has 15 heavy (non-hydrogen) atoms. The Morgan fingerprint density at radius 1 is 1.20 bits per heavy atom. The van der Waals surface area contributed by atoms with E-state index in [-0.39, 0.29) is 0 Å². The number of aromatic nitrogens is 3. The molecule has 2 aromatic rings. The predicted octanol–water partition coefficient (Wildman–Crippen LogP) is 2.24. The average Bonchev–Trinajstić information content (AvgIpc) is 2.29. The quantitative estimate of drug-likeness (QED) is 0.829. The van der Waals surface area contributed by atoms with Crippen LogP contribution in [0.4, 0.5) is 5.95 Å². The van der Waals surface area contributed by atoms with Crippen molar-refractivity contribution in [1.82, 2.24) is 15.2 Å². The second-order valence-corrected chi connectivity index (χ2v) is 3.58. The van der Waals surface area contributed by atoms with Gasteiger partial charge in [0.05, 0.1) is 5.52 Å². The van der Waals surface area contributed by atoms with Gasteiger partial charge in [-0.3, -0.25) is 0 Å². The van der Waals surface area contributed by atoms with Gasteiger partial charge in [0.1, 0.15) is 5.52 Å². The van der Waals surface area contributed by atoms with E-state index in [1.807, 2.05) is 24.3 Å². The molecule has 0 saturated heterocycles. The minimum Gasteiger partial charge on any atom is -0.350 e. The van der Waals surface area contributed by atoms with Crippen LogP contribution in [0.3, 0.4) is 0 Å². The summed E-state index contributed by atoms with van der Waals surface area (Å²) in [6.07, 6.45) is 1.04. The van der Waals surface area contributed by atoms with Gasteiger partial charge in [-0.2, -0.15) is 0 Å². The molecule has 0 aliphatic rings. The third kappa shape index (κ3) is 2.21. The van der Waals surface area contributed by atoms with E-state index in [1.165, 1.54) is 0 Å². The number of para-hydroxylation sites is 1. The summed E-state index contributed by atoms with van der Waals surface area (Å²) in [5.74, 6) is 0.600. The Morgan fingerprint density at radius 2 is 1.93 bits per heavy atom. The first-order valence-corrected chi connectivity index (χ1v) is 5.15. The maximum atomic E-state index is 4.38. The highest BCUT2D eigenvalue weighted by molar-refractivity contribution is 5.74. The Morgan fingerprint density at radius 3 is 2.67 bits per heavy atom. The second kappa shape index (κ2) is 4.21. The lowest BCUT2D eigenvalue weighted by Gasteiger charge is -2.10. The number of nitrogens with zero attached hydrogens (tertiary/aromatic N) is 3. The van der Waals surface area contributed by atoms with E-state index >= 15 is 0 Å². The first kappa shape index (κ1) is 9.83. The van der Waals surface area contributed by atoms with Crippen LogP contribution in [-0.4, -0.2) is 21.2 Å². The van der Waals surface area contributed by atoms with Gasteiger partial charge in [-0.1, -0.05) is 19.1 Å². The largest absolute Gasteiger partial charge is 0.350 e. The molecule has 1 aromatic carbocycles. The fraction of sp³-hybridized carbons (Fsp3) is 0.364. The molecule has 1 unspecified atom stereocenters. The topological polar surface area (TPSA) is 50.7 Å². The van der Waals surface area contributed by atoms with Gasteiger partial charge in [0.25, 0.3) is 0 Å². The summed E-state index contributed by atoms with van der Waals surface area (Å²) in [5, 5.41) is 11.3. The van der Waals surface area contributed by atoms with Crippen LogP contribution in [0.15, 0.2) is 24.3 Å². The van der Waals surface area contributed by atoms with Gasteiger partial charge >= 0.3 is 0 Å². The van der Waals surface area contributed by atoms with Crippen LogP contribution in [0.5, 0.6) is 0 Å². The molecule has 0 fully saturated rings. The maximum Gasteiger partial charge on any atom is 0.243 e. The van der Waals surface area contributed by atoms with E-state index in [2.05, 4.69) is 34.3 Å². The molecule has 0 aliphatic heterocycles. The van der Waals surface area contributed by atoms with Crippen LogP contribution < -0.4 is 5.32 Å². The highest BCUT2D eigenvalue weighted by atomic mass is 15.2. The van der Waals surface area contributed by atoms with Gasteiger partial charge in [-0.15, -0.1) is 10.2 Å². The molecule has 0 radical (unpaired) electrons. The lowest BCUT2D eigenvalue weighted by molar-refractivity contribution is 0.749. The van der Waals surface area contributed by atoms with E-state index in [1.54, 1.807) is 0 Å². The Hall–Kier alpha value is -1.71. The van der Waals surface area contributed by atoms with Crippen molar-refractivity contribution in [3.8, 4) is 0 Å². The van der Waals surface area contributed by atoms with Crippen LogP contribution in [0.1, 0.15) is 20.3 Å². The standard InChI is InChI=1S/C11H14N4/c1-3-8(2)12-11-13-9-6-4-5-7-10(9)14-15-11/h4-8H,3H2,1-2H3,(H,12,13,15). The summed E-state index contributed by atoms with van der Waals surface area (Å²) in [7, 11) is 0. The molecule has 0 aliphatic carbocycles. The fourth-order valence-corrected chi connectivity index (χ4v) is 1.26. The number of hydrogen-bond acceptors (Lipinski definition) is 4. The van der Waals surface area contributed by atoms with E-state index in [4.69, 9.17) is 0 Å². The molecule has 78 valence electrons. The maximum absolute atomic E-state index is 4.38. The molecule has 1 N–H and O–H groups in total. The lowest BCUT2D eigenvalue weighted by Crippen LogP contribution is -2.16. The Balaban J connectivity index is 2.30. The SMILES string of the molecule is CCC(C)Nc1nnc2ccccc2n1. The van der Waals surface area contributed by atoms with Crippen LogP contribution in [0, 0.1) is 0 Å². The smallest absolute Gasteiger partial charge is 0.243 e. The number of anilines is 1. The molecule has 1 atom stereocenters. The minimum atomic E-state index is 0.368. The van der Waals surface area contributed by atoms with Gasteiger partial charge in [0.2, 0.25) is 5.95 Å². The molecule has 0 bridgehead atoms. The Labute approximate surface area is 88.8 Å². The van der Waals surface area contributed by atoms with E-state index < -0.39 is 0 Å². The molecule has 0 spiro atoms. The molecule has 0 saturated carbocycles. The predicted molar refractivity (Wildman–Crippen MR) is 60.7 cm³/mol. The Kier molecular flexibility index (Phi) is 2.76. The summed E-state index contributed by atoms with van der Waals surface area (Å²) >= 11 is 0. The molecular weight excluding hydrogens is 188 g/mol. The van der Waals surface area contributed by atoms with Crippen LogP contribution in [0.25, 0.3) is 11.0 Å². The number of fused-ring (bicyclic) bond motifs is 1. The van der Waals surface area contributed by atoms with Crippen LogP contribution in [-0.2, 0) is 0 Å².